The molecule has 0 fully saturated rings. The van der Waals surface area contributed by atoms with Crippen LogP contribution in [0.15, 0.2) is 42.5 Å². The number of benzene rings is 2. The zero-order chi connectivity index (χ0) is 14.7. The van der Waals surface area contributed by atoms with Crippen molar-refractivity contribution in [3.63, 3.8) is 0 Å². The summed E-state index contributed by atoms with van der Waals surface area (Å²) in [7, 11) is 0. The maximum atomic E-state index is 12.0. The van der Waals surface area contributed by atoms with Crippen molar-refractivity contribution in [1.29, 1.82) is 0 Å². The predicted molar refractivity (Wildman–Crippen MR) is 71.1 cm³/mol. The number of amides is 1. The second-order valence-corrected chi connectivity index (χ2v) is 4.02. The van der Waals surface area contributed by atoms with Gasteiger partial charge in [-0.15, -0.1) is 0 Å². The average molecular weight is 273 g/mol. The van der Waals surface area contributed by atoms with E-state index in [1.54, 1.807) is 30.3 Å². The van der Waals surface area contributed by atoms with Gasteiger partial charge in [-0.05, 0) is 24.3 Å². The maximum absolute atomic E-state index is 12.0. The summed E-state index contributed by atoms with van der Waals surface area (Å²) < 4.78 is 0. The van der Waals surface area contributed by atoms with Gasteiger partial charge in [0.05, 0.1) is 0 Å². The molecule has 0 saturated heterocycles. The van der Waals surface area contributed by atoms with Crippen LogP contribution in [0.25, 0.3) is 0 Å². The van der Waals surface area contributed by atoms with Gasteiger partial charge in [0, 0.05) is 11.3 Å². The number of phenolic OH excluding ortho intramolecular Hbond substituents is 1. The van der Waals surface area contributed by atoms with Crippen molar-refractivity contribution in [3.05, 3.63) is 53.6 Å². The fourth-order valence-electron chi connectivity index (χ4n) is 1.64. The van der Waals surface area contributed by atoms with E-state index in [4.69, 9.17) is 5.11 Å². The van der Waals surface area contributed by atoms with Crippen LogP contribution < -0.4 is 5.32 Å². The first-order valence-corrected chi connectivity index (χ1v) is 5.64. The number of carbonyl (C=O) groups excluding carboxylic acids is 1. The lowest BCUT2D eigenvalue weighted by molar-refractivity contribution is 0.0693. The fourth-order valence-corrected chi connectivity index (χ4v) is 1.64. The van der Waals surface area contributed by atoms with Gasteiger partial charge in [0.25, 0.3) is 5.91 Å². The van der Waals surface area contributed by atoms with Gasteiger partial charge in [-0.2, -0.15) is 0 Å². The summed E-state index contributed by atoms with van der Waals surface area (Å²) in [4.78, 5) is 22.9. The lowest BCUT2D eigenvalue weighted by Crippen LogP contribution is -2.13. The van der Waals surface area contributed by atoms with E-state index in [1.807, 2.05) is 0 Å². The van der Waals surface area contributed by atoms with Crippen LogP contribution >= 0.6 is 0 Å². The highest BCUT2D eigenvalue weighted by molar-refractivity contribution is 6.06. The molecule has 1 amide bonds. The van der Waals surface area contributed by atoms with Crippen molar-refractivity contribution >= 4 is 17.6 Å². The van der Waals surface area contributed by atoms with E-state index in [-0.39, 0.29) is 5.56 Å². The Morgan fingerprint density at radius 3 is 2.25 bits per heavy atom. The number of hydrogen-bond acceptors (Lipinski definition) is 4. The molecule has 102 valence electrons. The summed E-state index contributed by atoms with van der Waals surface area (Å²) in [5.74, 6) is -3.46. The highest BCUT2D eigenvalue weighted by atomic mass is 16.4. The summed E-state index contributed by atoms with van der Waals surface area (Å²) in [6.45, 7) is 0. The van der Waals surface area contributed by atoms with E-state index in [0.717, 1.165) is 12.1 Å². The second-order valence-electron chi connectivity index (χ2n) is 4.02. The minimum Gasteiger partial charge on any atom is -0.504 e. The molecule has 0 aromatic heterocycles. The third kappa shape index (κ3) is 2.69. The molecular formula is C14H11NO5. The molecule has 0 aliphatic heterocycles. The topological polar surface area (TPSA) is 107 Å². The Morgan fingerprint density at radius 1 is 1.00 bits per heavy atom. The molecule has 2 rings (SSSR count). The number of carboxylic acid groups (broad SMARTS) is 1. The number of aromatic hydroxyl groups is 2. The Balaban J connectivity index is 2.33. The Hall–Kier alpha value is -3.02. The Morgan fingerprint density at radius 2 is 1.65 bits per heavy atom. The minimum absolute atomic E-state index is 0.0680. The molecule has 6 heteroatoms. The first-order chi connectivity index (χ1) is 9.49. The van der Waals surface area contributed by atoms with Gasteiger partial charge < -0.3 is 20.6 Å². The standard InChI is InChI=1S/C14H11NO5/c16-11-7-8(6-10(12(11)17)14(19)20)13(18)15-9-4-2-1-3-5-9/h1-7,16-17H,(H,15,18)(H,19,20). The third-order valence-electron chi connectivity index (χ3n) is 2.61. The monoisotopic (exact) mass is 273 g/mol. The van der Waals surface area contributed by atoms with Crippen LogP contribution in [0.2, 0.25) is 0 Å². The summed E-state index contributed by atoms with van der Waals surface area (Å²) in [5.41, 5.74) is -0.0771. The van der Waals surface area contributed by atoms with E-state index in [0.29, 0.717) is 5.69 Å². The first kappa shape index (κ1) is 13.4. The van der Waals surface area contributed by atoms with Gasteiger partial charge in [-0.25, -0.2) is 4.79 Å². The summed E-state index contributed by atoms with van der Waals surface area (Å²) in [5, 5.41) is 30.3. The van der Waals surface area contributed by atoms with Crippen molar-refractivity contribution in [3.8, 4) is 11.5 Å². The highest BCUT2D eigenvalue weighted by Crippen LogP contribution is 2.30. The van der Waals surface area contributed by atoms with Crippen molar-refractivity contribution in [2.75, 3.05) is 5.32 Å². The van der Waals surface area contributed by atoms with E-state index >= 15 is 0 Å². The van der Waals surface area contributed by atoms with Crippen LogP contribution in [0.5, 0.6) is 11.5 Å². The lowest BCUT2D eigenvalue weighted by Gasteiger charge is -2.08. The molecule has 0 heterocycles. The van der Waals surface area contributed by atoms with Crippen molar-refractivity contribution in [1.82, 2.24) is 0 Å². The molecule has 2 aromatic rings. The van der Waals surface area contributed by atoms with E-state index in [2.05, 4.69) is 5.32 Å². The van der Waals surface area contributed by atoms with Crippen LogP contribution in [-0.4, -0.2) is 27.2 Å². The fraction of sp³-hybridized carbons (Fsp3) is 0. The third-order valence-corrected chi connectivity index (χ3v) is 2.61. The smallest absolute Gasteiger partial charge is 0.339 e. The van der Waals surface area contributed by atoms with E-state index in [9.17, 15) is 19.8 Å². The molecule has 0 aliphatic rings. The number of aromatic carboxylic acids is 1. The number of rotatable bonds is 3. The number of carboxylic acids is 1. The van der Waals surface area contributed by atoms with Crippen LogP contribution in [0.3, 0.4) is 0 Å². The molecule has 2 aromatic carbocycles. The van der Waals surface area contributed by atoms with Gasteiger partial charge in [0.2, 0.25) is 0 Å². The summed E-state index contributed by atoms with van der Waals surface area (Å²) >= 11 is 0. The Bertz CT molecular complexity index is 667. The number of anilines is 1. The number of para-hydroxylation sites is 1. The molecule has 20 heavy (non-hydrogen) atoms. The molecule has 0 spiro atoms. The van der Waals surface area contributed by atoms with E-state index in [1.165, 1.54) is 0 Å². The molecule has 0 atom stereocenters. The van der Waals surface area contributed by atoms with Crippen molar-refractivity contribution in [2.24, 2.45) is 0 Å². The largest absolute Gasteiger partial charge is 0.504 e. The zero-order valence-electron chi connectivity index (χ0n) is 10.2. The van der Waals surface area contributed by atoms with Gasteiger partial charge in [-0.3, -0.25) is 4.79 Å². The average Bonchev–Trinajstić information content (AvgIpc) is 2.42. The van der Waals surface area contributed by atoms with Gasteiger partial charge >= 0.3 is 5.97 Å². The first-order valence-electron chi connectivity index (χ1n) is 5.64. The minimum atomic E-state index is -1.44. The molecule has 0 aliphatic carbocycles. The quantitative estimate of drug-likeness (QED) is 0.640. The van der Waals surface area contributed by atoms with Gasteiger partial charge in [0.15, 0.2) is 11.5 Å². The van der Waals surface area contributed by atoms with E-state index < -0.39 is 28.9 Å². The van der Waals surface area contributed by atoms with Crippen molar-refractivity contribution < 1.29 is 24.9 Å². The molecular weight excluding hydrogens is 262 g/mol. The SMILES string of the molecule is O=C(Nc1ccccc1)c1cc(O)c(O)c(C(=O)O)c1. The molecule has 0 unspecified atom stereocenters. The molecule has 6 nitrogen and oxygen atoms in total. The predicted octanol–water partition coefficient (Wildman–Crippen LogP) is 2.05. The number of nitrogens with one attached hydrogen (secondary N) is 1. The Labute approximate surface area is 113 Å². The number of carbonyl (C=O) groups is 2. The second kappa shape index (κ2) is 5.31. The zero-order valence-corrected chi connectivity index (χ0v) is 10.2. The van der Waals surface area contributed by atoms with Crippen LogP contribution in [0, 0.1) is 0 Å². The molecule has 0 bridgehead atoms. The normalized spacial score (nSPS) is 10.0. The lowest BCUT2D eigenvalue weighted by atomic mass is 10.1. The van der Waals surface area contributed by atoms with Crippen LogP contribution in [-0.2, 0) is 0 Å². The molecule has 0 saturated carbocycles. The number of hydrogen-bond donors (Lipinski definition) is 4. The molecule has 4 N–H and O–H groups in total. The van der Waals surface area contributed by atoms with Crippen LogP contribution in [0.1, 0.15) is 20.7 Å². The maximum Gasteiger partial charge on any atom is 0.339 e. The highest BCUT2D eigenvalue weighted by Gasteiger charge is 2.18. The van der Waals surface area contributed by atoms with Crippen molar-refractivity contribution in [2.45, 2.75) is 0 Å². The summed E-state index contributed by atoms with van der Waals surface area (Å²) in [6, 6.07) is 10.6. The van der Waals surface area contributed by atoms with Crippen LogP contribution in [0.4, 0.5) is 5.69 Å². The molecule has 0 radical (unpaired) electrons. The number of phenols is 2. The van der Waals surface area contributed by atoms with Gasteiger partial charge in [0.1, 0.15) is 5.56 Å². The summed E-state index contributed by atoms with van der Waals surface area (Å²) in [6.07, 6.45) is 0. The Kier molecular flexibility index (Phi) is 3.56. The van der Waals surface area contributed by atoms with Gasteiger partial charge in [-0.1, -0.05) is 18.2 Å².